The number of rotatable bonds is 9. The molecule has 0 aliphatic heterocycles. The van der Waals surface area contributed by atoms with Gasteiger partial charge in [0.25, 0.3) is 0 Å². The third-order valence-corrected chi connectivity index (χ3v) is 3.28. The van der Waals surface area contributed by atoms with Gasteiger partial charge < -0.3 is 20.1 Å². The Hall–Kier alpha value is -0.810. The number of ether oxygens (including phenoxy) is 1. The molecule has 0 saturated carbocycles. The van der Waals surface area contributed by atoms with Gasteiger partial charge in [0, 0.05) is 38.0 Å². The Bertz CT molecular complexity index is 401. The highest BCUT2D eigenvalue weighted by molar-refractivity contribution is 6.30. The van der Waals surface area contributed by atoms with Gasteiger partial charge in [-0.15, -0.1) is 0 Å². The van der Waals surface area contributed by atoms with E-state index in [0.717, 1.165) is 25.2 Å². The van der Waals surface area contributed by atoms with Crippen molar-refractivity contribution in [2.45, 2.75) is 26.0 Å². The number of aliphatic hydroxyl groups is 1. The Labute approximate surface area is 126 Å². The molecule has 0 saturated heterocycles. The molecular formula is C15H25ClN2O2. The summed E-state index contributed by atoms with van der Waals surface area (Å²) >= 11 is 6.09. The largest absolute Gasteiger partial charge is 0.389 e. The predicted molar refractivity (Wildman–Crippen MR) is 84.6 cm³/mol. The molecule has 4 nitrogen and oxygen atoms in total. The van der Waals surface area contributed by atoms with Gasteiger partial charge >= 0.3 is 0 Å². The molecule has 0 aromatic heterocycles. The topological polar surface area (TPSA) is 44.7 Å². The fraction of sp³-hybridized carbons (Fsp3) is 0.600. The van der Waals surface area contributed by atoms with Crippen molar-refractivity contribution in [1.82, 2.24) is 5.32 Å². The molecule has 0 spiro atoms. The van der Waals surface area contributed by atoms with Crippen LogP contribution in [0.3, 0.4) is 0 Å². The van der Waals surface area contributed by atoms with Crippen molar-refractivity contribution in [2.24, 2.45) is 0 Å². The Kier molecular flexibility index (Phi) is 7.92. The number of nitrogens with one attached hydrogen (secondary N) is 1. The highest BCUT2D eigenvalue weighted by atomic mass is 35.5. The molecule has 0 bridgehead atoms. The van der Waals surface area contributed by atoms with Crippen molar-refractivity contribution in [3.8, 4) is 0 Å². The molecule has 1 aromatic rings. The van der Waals surface area contributed by atoms with Crippen LogP contribution >= 0.6 is 11.6 Å². The van der Waals surface area contributed by atoms with Crippen LogP contribution in [0.15, 0.2) is 18.2 Å². The van der Waals surface area contributed by atoms with Crippen molar-refractivity contribution in [2.75, 3.05) is 38.8 Å². The maximum absolute atomic E-state index is 9.84. The molecule has 5 heteroatoms. The monoisotopic (exact) mass is 300 g/mol. The van der Waals surface area contributed by atoms with E-state index >= 15 is 0 Å². The van der Waals surface area contributed by atoms with Crippen LogP contribution in [0.25, 0.3) is 0 Å². The number of methoxy groups -OCH3 is 1. The van der Waals surface area contributed by atoms with E-state index in [4.69, 9.17) is 16.3 Å². The van der Waals surface area contributed by atoms with Crippen LogP contribution in [0, 0.1) is 0 Å². The normalized spacial score (nSPS) is 12.4. The molecule has 0 aliphatic rings. The smallest absolute Gasteiger partial charge is 0.0947 e. The Morgan fingerprint density at radius 3 is 2.85 bits per heavy atom. The average Bonchev–Trinajstić information content (AvgIpc) is 2.40. The average molecular weight is 301 g/mol. The van der Waals surface area contributed by atoms with Crippen molar-refractivity contribution < 1.29 is 9.84 Å². The van der Waals surface area contributed by atoms with E-state index < -0.39 is 6.10 Å². The molecule has 0 heterocycles. The van der Waals surface area contributed by atoms with E-state index in [0.29, 0.717) is 18.2 Å². The Morgan fingerprint density at radius 1 is 1.45 bits per heavy atom. The van der Waals surface area contributed by atoms with Gasteiger partial charge in [0.15, 0.2) is 0 Å². The lowest BCUT2D eigenvalue weighted by Crippen LogP contribution is -2.32. The summed E-state index contributed by atoms with van der Waals surface area (Å²) in [5.74, 6) is 0. The summed E-state index contributed by atoms with van der Waals surface area (Å²) in [6, 6.07) is 5.86. The number of nitrogens with zero attached hydrogens (tertiary/aromatic N) is 1. The first kappa shape index (κ1) is 17.2. The number of aliphatic hydroxyl groups excluding tert-OH is 1. The van der Waals surface area contributed by atoms with E-state index in [2.05, 4.69) is 12.2 Å². The van der Waals surface area contributed by atoms with Gasteiger partial charge in [-0.2, -0.15) is 0 Å². The summed E-state index contributed by atoms with van der Waals surface area (Å²) in [5.41, 5.74) is 2.21. The third kappa shape index (κ3) is 5.67. The van der Waals surface area contributed by atoms with Crippen LogP contribution in [-0.2, 0) is 11.3 Å². The van der Waals surface area contributed by atoms with Gasteiger partial charge in [0.1, 0.15) is 0 Å². The van der Waals surface area contributed by atoms with E-state index in [1.165, 1.54) is 5.56 Å². The number of halogens is 1. The van der Waals surface area contributed by atoms with Crippen LogP contribution in [0.4, 0.5) is 5.69 Å². The summed E-state index contributed by atoms with van der Waals surface area (Å²) in [6.07, 6.45) is 0.589. The molecule has 0 aliphatic carbocycles. The molecule has 1 unspecified atom stereocenters. The number of likely N-dealkylation sites (N-methyl/N-ethyl adjacent to an activating group) is 1. The molecule has 2 N–H and O–H groups in total. The van der Waals surface area contributed by atoms with Crippen molar-refractivity contribution in [3.05, 3.63) is 28.8 Å². The minimum atomic E-state index is -0.513. The quantitative estimate of drug-likeness (QED) is 0.687. The zero-order chi connectivity index (χ0) is 15.0. The number of benzene rings is 1. The third-order valence-electron chi connectivity index (χ3n) is 3.04. The molecule has 114 valence electrons. The van der Waals surface area contributed by atoms with E-state index in [1.807, 2.05) is 30.1 Å². The van der Waals surface area contributed by atoms with E-state index in [1.54, 1.807) is 7.11 Å². The fourth-order valence-electron chi connectivity index (χ4n) is 2.10. The SMILES string of the molecule is CCCNCc1ccc(Cl)cc1N(C)CC(O)COC. The second-order valence-electron chi connectivity index (χ2n) is 4.94. The molecule has 20 heavy (non-hydrogen) atoms. The second kappa shape index (κ2) is 9.19. The highest BCUT2D eigenvalue weighted by Crippen LogP contribution is 2.24. The van der Waals surface area contributed by atoms with Crippen LogP contribution in [0.2, 0.25) is 5.02 Å². The van der Waals surface area contributed by atoms with Crippen molar-refractivity contribution in [3.63, 3.8) is 0 Å². The number of hydrogen-bond donors (Lipinski definition) is 2. The predicted octanol–water partition coefficient (Wildman–Crippen LogP) is 2.28. The van der Waals surface area contributed by atoms with Gasteiger partial charge in [0.2, 0.25) is 0 Å². The fourth-order valence-corrected chi connectivity index (χ4v) is 2.27. The van der Waals surface area contributed by atoms with Gasteiger partial charge in [-0.1, -0.05) is 24.6 Å². The van der Waals surface area contributed by atoms with Crippen LogP contribution in [-0.4, -0.2) is 45.1 Å². The molecule has 1 aromatic carbocycles. The standard InChI is InChI=1S/C15H25ClN2O2/c1-4-7-17-9-12-5-6-13(16)8-15(12)18(2)10-14(19)11-20-3/h5-6,8,14,17,19H,4,7,9-11H2,1-3H3. The molecule has 1 rings (SSSR count). The van der Waals surface area contributed by atoms with E-state index in [9.17, 15) is 5.11 Å². The number of hydrogen-bond acceptors (Lipinski definition) is 4. The lowest BCUT2D eigenvalue weighted by molar-refractivity contribution is 0.0695. The minimum absolute atomic E-state index is 0.328. The maximum Gasteiger partial charge on any atom is 0.0947 e. The molecule has 0 fully saturated rings. The van der Waals surface area contributed by atoms with Gasteiger partial charge in [-0.25, -0.2) is 0 Å². The first-order valence-corrected chi connectivity index (χ1v) is 7.33. The first-order valence-electron chi connectivity index (χ1n) is 6.95. The second-order valence-corrected chi connectivity index (χ2v) is 5.38. The summed E-state index contributed by atoms with van der Waals surface area (Å²) in [7, 11) is 3.54. The van der Waals surface area contributed by atoms with Gasteiger partial charge in [-0.3, -0.25) is 0 Å². The maximum atomic E-state index is 9.84. The van der Waals surface area contributed by atoms with Crippen molar-refractivity contribution >= 4 is 17.3 Å². The Morgan fingerprint density at radius 2 is 2.20 bits per heavy atom. The first-order chi connectivity index (χ1) is 9.58. The summed E-state index contributed by atoms with van der Waals surface area (Å²) in [4.78, 5) is 2.01. The van der Waals surface area contributed by atoms with Gasteiger partial charge in [-0.05, 0) is 30.7 Å². The zero-order valence-electron chi connectivity index (χ0n) is 12.5. The molecule has 0 radical (unpaired) electrons. The Balaban J connectivity index is 2.76. The molecular weight excluding hydrogens is 276 g/mol. The highest BCUT2D eigenvalue weighted by Gasteiger charge is 2.12. The van der Waals surface area contributed by atoms with Crippen LogP contribution in [0.5, 0.6) is 0 Å². The van der Waals surface area contributed by atoms with Crippen LogP contribution < -0.4 is 10.2 Å². The van der Waals surface area contributed by atoms with E-state index in [-0.39, 0.29) is 0 Å². The zero-order valence-corrected chi connectivity index (χ0v) is 13.3. The summed E-state index contributed by atoms with van der Waals surface area (Å²) < 4.78 is 4.96. The lowest BCUT2D eigenvalue weighted by Gasteiger charge is -2.25. The molecule has 1 atom stereocenters. The van der Waals surface area contributed by atoms with Gasteiger partial charge in [0.05, 0.1) is 12.7 Å². The molecule has 0 amide bonds. The minimum Gasteiger partial charge on any atom is -0.389 e. The van der Waals surface area contributed by atoms with Crippen LogP contribution in [0.1, 0.15) is 18.9 Å². The van der Waals surface area contributed by atoms with Crippen molar-refractivity contribution in [1.29, 1.82) is 0 Å². The summed E-state index contributed by atoms with van der Waals surface area (Å²) in [6.45, 7) is 4.76. The summed E-state index contributed by atoms with van der Waals surface area (Å²) in [5, 5.41) is 13.9. The number of anilines is 1. The lowest BCUT2D eigenvalue weighted by atomic mass is 10.1.